The zero-order chi connectivity index (χ0) is 37.8. The van der Waals surface area contributed by atoms with Crippen LogP contribution in [-0.4, -0.2) is 90.6 Å². The Morgan fingerprint density at radius 3 is 2.15 bits per heavy atom. The first kappa shape index (κ1) is 38.3. The maximum Gasteiger partial charge on any atom is 0.253 e. The Kier molecular flexibility index (Phi) is 12.1. The number of hydrogen-bond donors (Lipinski definition) is 0. The van der Waals surface area contributed by atoms with Crippen molar-refractivity contribution in [3.05, 3.63) is 80.8 Å². The third-order valence-electron chi connectivity index (χ3n) is 11.1. The van der Waals surface area contributed by atoms with Crippen molar-refractivity contribution in [3.8, 4) is 16.9 Å². The van der Waals surface area contributed by atoms with E-state index in [-0.39, 0.29) is 66.7 Å². The summed E-state index contributed by atoms with van der Waals surface area (Å²) in [6, 6.07) is 7.85. The highest BCUT2D eigenvalue weighted by Gasteiger charge is 2.31. The molecule has 284 valence electrons. The minimum Gasteiger partial charge on any atom is -0.495 e. The molecule has 0 radical (unpaired) electrons. The molecule has 1 aromatic heterocycles. The molecular formula is C41H50F2N4O6. The molecule has 0 atom stereocenters. The van der Waals surface area contributed by atoms with Gasteiger partial charge in [-0.2, -0.15) is 0 Å². The number of aryl methyl sites for hydroxylation is 1. The number of nitrogens with zero attached hydrogens (tertiary/aromatic N) is 4. The molecule has 53 heavy (non-hydrogen) atoms. The first-order valence-electron chi connectivity index (χ1n) is 18.8. The number of piperidine rings is 3. The molecule has 3 fully saturated rings. The van der Waals surface area contributed by atoms with Gasteiger partial charge in [0.05, 0.1) is 31.4 Å². The van der Waals surface area contributed by atoms with Gasteiger partial charge in [-0.05, 0) is 93.8 Å². The number of ketones is 1. The van der Waals surface area contributed by atoms with E-state index >= 15 is 8.78 Å². The summed E-state index contributed by atoms with van der Waals surface area (Å²) < 4.78 is 44.3. The van der Waals surface area contributed by atoms with Gasteiger partial charge in [-0.25, -0.2) is 8.78 Å². The third-order valence-corrected chi connectivity index (χ3v) is 11.1. The predicted octanol–water partition coefficient (Wildman–Crippen LogP) is 5.85. The lowest BCUT2D eigenvalue weighted by Gasteiger charge is -2.37. The molecule has 2 amide bonds. The second kappa shape index (κ2) is 16.7. The third kappa shape index (κ3) is 8.54. The second-order valence-corrected chi connectivity index (χ2v) is 14.5. The number of methoxy groups -OCH3 is 1. The van der Waals surface area contributed by atoms with Gasteiger partial charge in [0.15, 0.2) is 0 Å². The van der Waals surface area contributed by atoms with E-state index in [0.29, 0.717) is 59.9 Å². The van der Waals surface area contributed by atoms with Crippen LogP contribution in [0.1, 0.15) is 78.9 Å². The Labute approximate surface area is 309 Å². The van der Waals surface area contributed by atoms with Gasteiger partial charge < -0.3 is 28.7 Å². The molecule has 0 N–H and O–H groups in total. The van der Waals surface area contributed by atoms with Crippen LogP contribution in [0.2, 0.25) is 0 Å². The van der Waals surface area contributed by atoms with Gasteiger partial charge in [0, 0.05) is 80.7 Å². The number of Topliss-reactive ketones (excluding diaryl/α,β-unsaturated/α-hetero) is 1. The topological polar surface area (TPSA) is 101 Å². The van der Waals surface area contributed by atoms with Crippen LogP contribution in [0.3, 0.4) is 0 Å². The van der Waals surface area contributed by atoms with Crippen molar-refractivity contribution in [2.75, 3.05) is 51.3 Å². The van der Waals surface area contributed by atoms with E-state index in [2.05, 4.69) is 4.90 Å². The largest absolute Gasteiger partial charge is 0.495 e. The van der Waals surface area contributed by atoms with Gasteiger partial charge in [0.1, 0.15) is 23.2 Å². The maximum absolute atomic E-state index is 15.4. The van der Waals surface area contributed by atoms with Gasteiger partial charge in [0.2, 0.25) is 5.91 Å². The SMILES string of the molecule is CCCn1cc(-c2cc(F)c(CCN3CCC(OC4CCN(C(=O)c5ccc(OC)c(N6CCC(=O)CC6=O)c5)CC4)CC3)c(F)c2)c(C)c(C)c1=O. The van der Waals surface area contributed by atoms with Crippen LogP contribution in [0.5, 0.6) is 5.75 Å². The van der Waals surface area contributed by atoms with Crippen molar-refractivity contribution in [2.24, 2.45) is 0 Å². The van der Waals surface area contributed by atoms with Crippen LogP contribution in [0.15, 0.2) is 41.3 Å². The summed E-state index contributed by atoms with van der Waals surface area (Å²) >= 11 is 0. The van der Waals surface area contributed by atoms with Crippen molar-refractivity contribution in [1.82, 2.24) is 14.4 Å². The van der Waals surface area contributed by atoms with E-state index in [9.17, 15) is 19.2 Å². The second-order valence-electron chi connectivity index (χ2n) is 14.5. The van der Waals surface area contributed by atoms with Gasteiger partial charge in [0.25, 0.3) is 11.5 Å². The molecule has 3 aliphatic rings. The molecule has 12 heteroatoms. The monoisotopic (exact) mass is 732 g/mol. The summed E-state index contributed by atoms with van der Waals surface area (Å²) in [5, 5.41) is 0. The highest BCUT2D eigenvalue weighted by molar-refractivity contribution is 6.09. The van der Waals surface area contributed by atoms with Crippen LogP contribution in [0.25, 0.3) is 11.1 Å². The lowest BCUT2D eigenvalue weighted by atomic mass is 9.97. The Morgan fingerprint density at radius 2 is 1.53 bits per heavy atom. The van der Waals surface area contributed by atoms with Crippen molar-refractivity contribution >= 4 is 23.3 Å². The van der Waals surface area contributed by atoms with Crippen LogP contribution in [0, 0.1) is 25.5 Å². The molecule has 2 aromatic carbocycles. The quantitative estimate of drug-likeness (QED) is 0.228. The van der Waals surface area contributed by atoms with Crippen molar-refractivity contribution < 1.29 is 32.6 Å². The van der Waals surface area contributed by atoms with Gasteiger partial charge in [-0.1, -0.05) is 6.92 Å². The molecule has 6 rings (SSSR count). The van der Waals surface area contributed by atoms with E-state index in [4.69, 9.17) is 9.47 Å². The number of likely N-dealkylation sites (tertiary alicyclic amines) is 2. The summed E-state index contributed by atoms with van der Waals surface area (Å²) in [4.78, 5) is 56.0. The van der Waals surface area contributed by atoms with Gasteiger partial charge >= 0.3 is 0 Å². The molecule has 0 unspecified atom stereocenters. The van der Waals surface area contributed by atoms with Crippen molar-refractivity contribution in [3.63, 3.8) is 0 Å². The molecule has 4 heterocycles. The van der Waals surface area contributed by atoms with Gasteiger partial charge in [-0.15, -0.1) is 0 Å². The molecule has 0 bridgehead atoms. The molecule has 3 aromatic rings. The Morgan fingerprint density at radius 1 is 0.868 bits per heavy atom. The van der Waals surface area contributed by atoms with Crippen LogP contribution >= 0.6 is 0 Å². The number of ether oxygens (including phenoxy) is 2. The zero-order valence-corrected chi connectivity index (χ0v) is 31.2. The number of carbonyl (C=O) groups excluding carboxylic acids is 3. The maximum atomic E-state index is 15.4. The number of anilines is 1. The molecule has 10 nitrogen and oxygen atoms in total. The average molecular weight is 733 g/mol. The van der Waals surface area contributed by atoms with E-state index in [0.717, 1.165) is 50.8 Å². The number of hydrogen-bond acceptors (Lipinski definition) is 7. The predicted molar refractivity (Wildman–Crippen MR) is 199 cm³/mol. The molecule has 3 saturated heterocycles. The lowest BCUT2D eigenvalue weighted by Crippen LogP contribution is -2.44. The lowest BCUT2D eigenvalue weighted by molar-refractivity contribution is -0.128. The minimum atomic E-state index is -0.574. The molecule has 0 spiro atoms. The fourth-order valence-electron chi connectivity index (χ4n) is 7.78. The van der Waals surface area contributed by atoms with E-state index < -0.39 is 11.6 Å². The summed E-state index contributed by atoms with van der Waals surface area (Å²) in [6.07, 6.45) is 6.08. The standard InChI is InChI=1S/C41H50F2N4O6/c1-5-14-46-25-34(26(2)27(3)40(46)50)29-21-35(42)33(36(43)22-29)13-17-44-15-9-31(10-16-44)53-32-11-18-45(19-12-32)41(51)28-6-7-38(52-4)37(23-28)47-20-8-30(48)24-39(47)49/h6-7,21-23,25,31-32H,5,8-20,24H2,1-4H3. The fraction of sp³-hybridized carbons (Fsp3) is 0.512. The minimum absolute atomic E-state index is 0.0426. The normalized spacial score (nSPS) is 17.8. The summed E-state index contributed by atoms with van der Waals surface area (Å²) in [6.45, 7) is 9.55. The average Bonchev–Trinajstić information content (AvgIpc) is 3.15. The fourth-order valence-corrected chi connectivity index (χ4v) is 7.78. The highest BCUT2D eigenvalue weighted by atomic mass is 19.1. The molecule has 3 aliphatic heterocycles. The highest BCUT2D eigenvalue weighted by Crippen LogP contribution is 2.33. The number of amides is 2. The molecule has 0 aliphatic carbocycles. The van der Waals surface area contributed by atoms with E-state index in [1.54, 1.807) is 35.9 Å². The summed E-state index contributed by atoms with van der Waals surface area (Å²) in [7, 11) is 1.51. The summed E-state index contributed by atoms with van der Waals surface area (Å²) in [5.41, 5.74) is 3.38. The number of benzene rings is 2. The Bertz CT molecular complexity index is 1890. The Balaban J connectivity index is 0.975. The Hall–Kier alpha value is -4.42. The zero-order valence-electron chi connectivity index (χ0n) is 31.2. The molecule has 0 saturated carbocycles. The van der Waals surface area contributed by atoms with E-state index in [1.165, 1.54) is 24.1 Å². The van der Waals surface area contributed by atoms with E-state index in [1.807, 2.05) is 18.7 Å². The van der Waals surface area contributed by atoms with Crippen molar-refractivity contribution in [1.29, 1.82) is 0 Å². The van der Waals surface area contributed by atoms with Crippen LogP contribution in [0.4, 0.5) is 14.5 Å². The van der Waals surface area contributed by atoms with Crippen molar-refractivity contribution in [2.45, 2.75) is 90.9 Å². The molecular weight excluding hydrogens is 682 g/mol. The first-order chi connectivity index (χ1) is 25.5. The summed E-state index contributed by atoms with van der Waals surface area (Å²) in [5.74, 6) is -1.17. The number of pyridine rings is 1. The van der Waals surface area contributed by atoms with Crippen LogP contribution in [-0.2, 0) is 27.3 Å². The number of rotatable bonds is 11. The smallest absolute Gasteiger partial charge is 0.253 e. The van der Waals surface area contributed by atoms with Gasteiger partial charge in [-0.3, -0.25) is 19.2 Å². The first-order valence-corrected chi connectivity index (χ1v) is 18.8. The number of halogens is 2. The number of carbonyl (C=O) groups is 3. The van der Waals surface area contributed by atoms with Crippen LogP contribution < -0.4 is 15.2 Å². The number of aromatic nitrogens is 1.